The van der Waals surface area contributed by atoms with Crippen molar-refractivity contribution in [1.29, 1.82) is 0 Å². The van der Waals surface area contributed by atoms with Crippen LogP contribution >= 0.6 is 0 Å². The van der Waals surface area contributed by atoms with Gasteiger partial charge < -0.3 is 10.6 Å². The van der Waals surface area contributed by atoms with Crippen molar-refractivity contribution in [2.75, 3.05) is 12.8 Å². The molecule has 98 valence electrons. The second kappa shape index (κ2) is 5.95. The monoisotopic (exact) mass is 256 g/mol. The molecule has 0 unspecified atom stereocenters. The Labute approximate surface area is 112 Å². The van der Waals surface area contributed by atoms with Crippen LogP contribution < -0.4 is 5.73 Å². The standard InChI is InChI=1S/C14H16N4O/c1-18(10-11-4-6-16-7-5-11)14(19)8-13-3-2-12(15)9-17-13/h2-7,9H,8,10,15H2,1H3. The fraction of sp³-hybridized carbons (Fsp3) is 0.214. The highest BCUT2D eigenvalue weighted by atomic mass is 16.2. The molecule has 1 amide bonds. The molecule has 0 aliphatic rings. The molecule has 5 nitrogen and oxygen atoms in total. The third-order valence-electron chi connectivity index (χ3n) is 2.77. The molecule has 2 rings (SSSR count). The van der Waals surface area contributed by atoms with Crippen LogP contribution in [0, 0.1) is 0 Å². The highest BCUT2D eigenvalue weighted by molar-refractivity contribution is 5.78. The highest BCUT2D eigenvalue weighted by Gasteiger charge is 2.10. The molecule has 0 spiro atoms. The molecule has 2 aromatic heterocycles. The number of nitrogens with two attached hydrogens (primary N) is 1. The Morgan fingerprint density at radius 2 is 2.00 bits per heavy atom. The second-order valence-corrected chi connectivity index (χ2v) is 4.36. The lowest BCUT2D eigenvalue weighted by Crippen LogP contribution is -2.28. The maximum absolute atomic E-state index is 12.0. The SMILES string of the molecule is CN(Cc1ccncc1)C(=O)Cc1ccc(N)cn1. The number of hydrogen-bond acceptors (Lipinski definition) is 4. The number of nitrogen functional groups attached to an aromatic ring is 1. The Morgan fingerprint density at radius 1 is 1.26 bits per heavy atom. The normalized spacial score (nSPS) is 10.2. The average Bonchev–Trinajstić information content (AvgIpc) is 2.42. The first-order chi connectivity index (χ1) is 9.15. The Morgan fingerprint density at radius 3 is 2.63 bits per heavy atom. The lowest BCUT2D eigenvalue weighted by molar-refractivity contribution is -0.129. The van der Waals surface area contributed by atoms with Crippen LogP contribution in [0.2, 0.25) is 0 Å². The number of pyridine rings is 2. The maximum Gasteiger partial charge on any atom is 0.228 e. The topological polar surface area (TPSA) is 72.1 Å². The number of nitrogens with zero attached hydrogens (tertiary/aromatic N) is 3. The van der Waals surface area contributed by atoms with E-state index in [2.05, 4.69) is 9.97 Å². The van der Waals surface area contributed by atoms with Crippen molar-refractivity contribution in [1.82, 2.24) is 14.9 Å². The summed E-state index contributed by atoms with van der Waals surface area (Å²) in [6, 6.07) is 7.31. The number of carbonyl (C=O) groups is 1. The highest BCUT2D eigenvalue weighted by Crippen LogP contribution is 2.06. The molecule has 0 aromatic carbocycles. The van der Waals surface area contributed by atoms with Crippen LogP contribution in [0.15, 0.2) is 42.9 Å². The van der Waals surface area contributed by atoms with Crippen LogP contribution in [0.1, 0.15) is 11.3 Å². The average molecular weight is 256 g/mol. The van der Waals surface area contributed by atoms with Crippen molar-refractivity contribution >= 4 is 11.6 Å². The van der Waals surface area contributed by atoms with E-state index in [1.165, 1.54) is 0 Å². The van der Waals surface area contributed by atoms with Crippen LogP contribution in [-0.4, -0.2) is 27.8 Å². The van der Waals surface area contributed by atoms with Gasteiger partial charge in [-0.3, -0.25) is 14.8 Å². The van der Waals surface area contributed by atoms with E-state index in [9.17, 15) is 4.79 Å². The summed E-state index contributed by atoms with van der Waals surface area (Å²) in [6.07, 6.45) is 5.28. The minimum absolute atomic E-state index is 0.0223. The molecule has 0 bridgehead atoms. The van der Waals surface area contributed by atoms with Crippen molar-refractivity contribution in [3.63, 3.8) is 0 Å². The van der Waals surface area contributed by atoms with Crippen LogP contribution in [0.3, 0.4) is 0 Å². The number of carbonyl (C=O) groups excluding carboxylic acids is 1. The largest absolute Gasteiger partial charge is 0.397 e. The number of amides is 1. The molecule has 0 saturated heterocycles. The molecule has 0 atom stereocenters. The Hall–Kier alpha value is -2.43. The van der Waals surface area contributed by atoms with Crippen LogP contribution in [0.4, 0.5) is 5.69 Å². The van der Waals surface area contributed by atoms with Gasteiger partial charge in [0.25, 0.3) is 0 Å². The number of aromatic nitrogens is 2. The number of likely N-dealkylation sites (N-methyl/N-ethyl adjacent to an activating group) is 1. The smallest absolute Gasteiger partial charge is 0.228 e. The van der Waals surface area contributed by atoms with E-state index in [-0.39, 0.29) is 12.3 Å². The van der Waals surface area contributed by atoms with Gasteiger partial charge in [0.15, 0.2) is 0 Å². The summed E-state index contributed by atoms with van der Waals surface area (Å²) in [5.41, 5.74) is 7.93. The summed E-state index contributed by atoms with van der Waals surface area (Å²) in [5.74, 6) is 0.0223. The summed E-state index contributed by atoms with van der Waals surface area (Å²) in [6.45, 7) is 0.566. The van der Waals surface area contributed by atoms with Crippen molar-refractivity contribution in [2.24, 2.45) is 0 Å². The van der Waals surface area contributed by atoms with Gasteiger partial charge in [-0.05, 0) is 29.8 Å². The van der Waals surface area contributed by atoms with Gasteiger partial charge in [0.1, 0.15) is 0 Å². The van der Waals surface area contributed by atoms with Gasteiger partial charge in [-0.1, -0.05) is 0 Å². The molecule has 0 saturated carbocycles. The van der Waals surface area contributed by atoms with Gasteiger partial charge in [0.2, 0.25) is 5.91 Å². The molecule has 5 heteroatoms. The van der Waals surface area contributed by atoms with Gasteiger partial charge in [-0.25, -0.2) is 0 Å². The van der Waals surface area contributed by atoms with Gasteiger partial charge >= 0.3 is 0 Å². The minimum Gasteiger partial charge on any atom is -0.397 e. The van der Waals surface area contributed by atoms with Crippen molar-refractivity contribution in [3.8, 4) is 0 Å². The molecule has 19 heavy (non-hydrogen) atoms. The zero-order chi connectivity index (χ0) is 13.7. The first-order valence-corrected chi connectivity index (χ1v) is 5.98. The van der Waals surface area contributed by atoms with Crippen molar-refractivity contribution < 1.29 is 4.79 Å². The summed E-state index contributed by atoms with van der Waals surface area (Å²) in [7, 11) is 1.78. The summed E-state index contributed by atoms with van der Waals surface area (Å²) in [5, 5.41) is 0. The van der Waals surface area contributed by atoms with Crippen molar-refractivity contribution in [2.45, 2.75) is 13.0 Å². The van der Waals surface area contributed by atoms with E-state index in [0.29, 0.717) is 12.2 Å². The van der Waals surface area contributed by atoms with Gasteiger partial charge in [0.05, 0.1) is 18.3 Å². The zero-order valence-corrected chi connectivity index (χ0v) is 10.8. The second-order valence-electron chi connectivity index (χ2n) is 4.36. The van der Waals surface area contributed by atoms with Crippen LogP contribution in [-0.2, 0) is 17.8 Å². The van der Waals surface area contributed by atoms with E-state index in [4.69, 9.17) is 5.73 Å². The van der Waals surface area contributed by atoms with Gasteiger partial charge in [-0.2, -0.15) is 0 Å². The van der Waals surface area contributed by atoms with Crippen molar-refractivity contribution in [3.05, 3.63) is 54.1 Å². The Balaban J connectivity index is 1.94. The predicted molar refractivity (Wildman–Crippen MR) is 73.1 cm³/mol. The fourth-order valence-corrected chi connectivity index (χ4v) is 1.68. The molecule has 2 N–H and O–H groups in total. The molecule has 0 aliphatic carbocycles. The van der Waals surface area contributed by atoms with E-state index in [0.717, 1.165) is 11.3 Å². The minimum atomic E-state index is 0.0223. The Kier molecular flexibility index (Phi) is 4.07. The maximum atomic E-state index is 12.0. The van der Waals surface area contributed by atoms with Crippen LogP contribution in [0.5, 0.6) is 0 Å². The van der Waals surface area contributed by atoms with Gasteiger partial charge in [-0.15, -0.1) is 0 Å². The van der Waals surface area contributed by atoms with Crippen LogP contribution in [0.25, 0.3) is 0 Å². The molecule has 0 aliphatic heterocycles. The number of rotatable bonds is 4. The molecular weight excluding hydrogens is 240 g/mol. The van der Waals surface area contributed by atoms with Gasteiger partial charge in [0, 0.05) is 31.7 Å². The third kappa shape index (κ3) is 3.77. The first-order valence-electron chi connectivity index (χ1n) is 5.98. The summed E-state index contributed by atoms with van der Waals surface area (Å²) < 4.78 is 0. The summed E-state index contributed by atoms with van der Waals surface area (Å²) >= 11 is 0. The third-order valence-corrected chi connectivity index (χ3v) is 2.77. The molecule has 0 fully saturated rings. The van der Waals surface area contributed by atoms with E-state index in [1.54, 1.807) is 42.7 Å². The fourth-order valence-electron chi connectivity index (χ4n) is 1.68. The zero-order valence-electron chi connectivity index (χ0n) is 10.8. The first kappa shape index (κ1) is 13.0. The lowest BCUT2D eigenvalue weighted by atomic mass is 10.2. The number of hydrogen-bond donors (Lipinski definition) is 1. The quantitative estimate of drug-likeness (QED) is 0.894. The lowest BCUT2D eigenvalue weighted by Gasteiger charge is -2.17. The van der Waals surface area contributed by atoms with E-state index >= 15 is 0 Å². The summed E-state index contributed by atoms with van der Waals surface area (Å²) in [4.78, 5) is 21.8. The number of anilines is 1. The molecule has 2 heterocycles. The molecule has 0 radical (unpaired) electrons. The van der Waals surface area contributed by atoms with E-state index < -0.39 is 0 Å². The Bertz CT molecular complexity index is 539. The predicted octanol–water partition coefficient (Wildman–Crippen LogP) is 1.26. The van der Waals surface area contributed by atoms with E-state index in [1.807, 2.05) is 12.1 Å². The molecule has 2 aromatic rings. The molecular formula is C14H16N4O.